The van der Waals surface area contributed by atoms with Crippen LogP contribution in [0.5, 0.6) is 5.75 Å². The molecule has 1 aromatic rings. The first-order chi connectivity index (χ1) is 9.28. The molecule has 2 bridgehead atoms. The third-order valence-electron chi connectivity index (χ3n) is 4.39. The Morgan fingerprint density at radius 3 is 2.89 bits per heavy atom. The number of hydrogen-bond donors (Lipinski definition) is 0. The first-order valence-corrected chi connectivity index (χ1v) is 7.00. The average molecular weight is 257 g/mol. The minimum absolute atomic E-state index is 0.513. The lowest BCUT2D eigenvalue weighted by Crippen LogP contribution is -2.51. The Hall–Kier alpha value is -1.60. The van der Waals surface area contributed by atoms with Crippen LogP contribution in [0.15, 0.2) is 12.3 Å². The van der Waals surface area contributed by atoms with Gasteiger partial charge in [0.25, 0.3) is 0 Å². The molecular formula is C15H19N3O. The van der Waals surface area contributed by atoms with Crippen molar-refractivity contribution in [2.45, 2.75) is 32.2 Å². The summed E-state index contributed by atoms with van der Waals surface area (Å²) in [6, 6.07) is 4.41. The molecule has 0 aromatic carbocycles. The molecule has 0 radical (unpaired) electrons. The van der Waals surface area contributed by atoms with Gasteiger partial charge in [0, 0.05) is 12.2 Å². The number of ether oxygens (including phenoxy) is 1. The SMILES string of the molecule is Cc1nccc(C#N)c1OCC1CC2CCN1CC2. The van der Waals surface area contributed by atoms with Gasteiger partial charge in [-0.05, 0) is 51.3 Å². The fourth-order valence-corrected chi connectivity index (χ4v) is 3.26. The third kappa shape index (κ3) is 2.43. The van der Waals surface area contributed by atoms with E-state index in [1.807, 2.05) is 6.92 Å². The van der Waals surface area contributed by atoms with Gasteiger partial charge in [0.15, 0.2) is 5.75 Å². The molecule has 0 aliphatic carbocycles. The van der Waals surface area contributed by atoms with E-state index in [4.69, 9.17) is 10.00 Å². The van der Waals surface area contributed by atoms with Gasteiger partial charge >= 0.3 is 0 Å². The predicted molar refractivity (Wildman–Crippen MR) is 71.9 cm³/mol. The summed E-state index contributed by atoms with van der Waals surface area (Å²) in [6.07, 6.45) is 5.58. The van der Waals surface area contributed by atoms with Crippen LogP contribution in [0.25, 0.3) is 0 Å². The second kappa shape index (κ2) is 5.18. The molecule has 1 unspecified atom stereocenters. The van der Waals surface area contributed by atoms with Crippen LogP contribution in [-0.4, -0.2) is 35.6 Å². The van der Waals surface area contributed by atoms with Gasteiger partial charge in [-0.15, -0.1) is 0 Å². The van der Waals surface area contributed by atoms with E-state index in [0.29, 0.717) is 24.0 Å². The lowest BCUT2D eigenvalue weighted by atomic mass is 9.83. The Labute approximate surface area is 114 Å². The number of nitriles is 1. The number of hydrogen-bond acceptors (Lipinski definition) is 4. The Balaban J connectivity index is 1.68. The molecule has 0 N–H and O–H groups in total. The molecule has 0 saturated carbocycles. The maximum Gasteiger partial charge on any atom is 0.158 e. The van der Waals surface area contributed by atoms with Crippen LogP contribution in [0.2, 0.25) is 0 Å². The summed E-state index contributed by atoms with van der Waals surface area (Å²) in [7, 11) is 0. The Bertz CT molecular complexity index is 501. The molecule has 19 heavy (non-hydrogen) atoms. The number of nitrogens with zero attached hydrogens (tertiary/aromatic N) is 3. The van der Waals surface area contributed by atoms with E-state index >= 15 is 0 Å². The Morgan fingerprint density at radius 2 is 2.26 bits per heavy atom. The zero-order valence-corrected chi connectivity index (χ0v) is 11.3. The van der Waals surface area contributed by atoms with E-state index in [0.717, 1.165) is 11.6 Å². The molecule has 3 fully saturated rings. The molecule has 1 atom stereocenters. The fraction of sp³-hybridized carbons (Fsp3) is 0.600. The van der Waals surface area contributed by atoms with Gasteiger partial charge in [-0.1, -0.05) is 0 Å². The largest absolute Gasteiger partial charge is 0.489 e. The van der Waals surface area contributed by atoms with Crippen LogP contribution in [-0.2, 0) is 0 Å². The Morgan fingerprint density at radius 1 is 1.47 bits per heavy atom. The number of fused-ring (bicyclic) bond motifs is 3. The quantitative estimate of drug-likeness (QED) is 0.832. The van der Waals surface area contributed by atoms with Gasteiger partial charge in [0.2, 0.25) is 0 Å². The second-order valence-electron chi connectivity index (χ2n) is 5.56. The molecular weight excluding hydrogens is 238 g/mol. The molecule has 4 heteroatoms. The zero-order chi connectivity index (χ0) is 13.2. The third-order valence-corrected chi connectivity index (χ3v) is 4.39. The summed E-state index contributed by atoms with van der Waals surface area (Å²) in [4.78, 5) is 6.74. The van der Waals surface area contributed by atoms with Crippen molar-refractivity contribution in [2.75, 3.05) is 19.7 Å². The van der Waals surface area contributed by atoms with Crippen LogP contribution in [0.1, 0.15) is 30.5 Å². The summed E-state index contributed by atoms with van der Waals surface area (Å²) in [5, 5.41) is 9.12. The van der Waals surface area contributed by atoms with Crippen molar-refractivity contribution < 1.29 is 4.74 Å². The predicted octanol–water partition coefficient (Wildman–Crippen LogP) is 2.12. The number of aryl methyl sites for hydroxylation is 1. The number of piperidine rings is 3. The van der Waals surface area contributed by atoms with Crippen LogP contribution < -0.4 is 4.74 Å². The van der Waals surface area contributed by atoms with Gasteiger partial charge < -0.3 is 4.74 Å². The highest BCUT2D eigenvalue weighted by Crippen LogP contribution is 2.32. The normalized spacial score (nSPS) is 28.9. The molecule has 1 aromatic heterocycles. The van der Waals surface area contributed by atoms with E-state index in [1.54, 1.807) is 12.3 Å². The van der Waals surface area contributed by atoms with Crippen molar-refractivity contribution in [2.24, 2.45) is 5.92 Å². The molecule has 3 saturated heterocycles. The van der Waals surface area contributed by atoms with E-state index in [-0.39, 0.29) is 0 Å². The molecule has 4 nitrogen and oxygen atoms in total. The molecule has 0 spiro atoms. The summed E-state index contributed by atoms with van der Waals surface area (Å²) in [6.45, 7) is 4.98. The highest BCUT2D eigenvalue weighted by molar-refractivity contribution is 5.44. The molecule has 4 rings (SSSR count). The van der Waals surface area contributed by atoms with E-state index in [9.17, 15) is 0 Å². The first kappa shape index (κ1) is 12.4. The van der Waals surface area contributed by atoms with Gasteiger partial charge in [-0.25, -0.2) is 0 Å². The molecule has 0 amide bonds. The van der Waals surface area contributed by atoms with Crippen molar-refractivity contribution >= 4 is 0 Å². The molecule has 3 aliphatic heterocycles. The molecule has 3 aliphatic rings. The van der Waals surface area contributed by atoms with Crippen LogP contribution >= 0.6 is 0 Å². The van der Waals surface area contributed by atoms with Crippen molar-refractivity contribution in [1.29, 1.82) is 5.26 Å². The van der Waals surface area contributed by atoms with Crippen molar-refractivity contribution in [1.82, 2.24) is 9.88 Å². The topological polar surface area (TPSA) is 49.1 Å². The first-order valence-electron chi connectivity index (χ1n) is 7.00. The maximum atomic E-state index is 9.12. The standard InChI is InChI=1S/C15H19N3O/c1-11-15(13(9-16)2-5-17-11)19-10-14-8-12-3-6-18(14)7-4-12/h2,5,12,14H,3-4,6-8,10H2,1H3. The zero-order valence-electron chi connectivity index (χ0n) is 11.3. The van der Waals surface area contributed by atoms with Crippen molar-refractivity contribution in [3.05, 3.63) is 23.5 Å². The summed E-state index contributed by atoms with van der Waals surface area (Å²) < 4.78 is 5.92. The highest BCUT2D eigenvalue weighted by Gasteiger charge is 2.33. The lowest BCUT2D eigenvalue weighted by Gasteiger charge is -2.45. The minimum atomic E-state index is 0.513. The van der Waals surface area contributed by atoms with Gasteiger partial charge in [-0.3, -0.25) is 9.88 Å². The summed E-state index contributed by atoms with van der Waals surface area (Å²) >= 11 is 0. The fourth-order valence-electron chi connectivity index (χ4n) is 3.26. The van der Waals surface area contributed by atoms with Crippen LogP contribution in [0.3, 0.4) is 0 Å². The van der Waals surface area contributed by atoms with Gasteiger partial charge in [-0.2, -0.15) is 5.26 Å². The summed E-state index contributed by atoms with van der Waals surface area (Å²) in [5.41, 5.74) is 1.39. The highest BCUT2D eigenvalue weighted by atomic mass is 16.5. The summed E-state index contributed by atoms with van der Waals surface area (Å²) in [5.74, 6) is 1.54. The lowest BCUT2D eigenvalue weighted by molar-refractivity contribution is 0.0236. The van der Waals surface area contributed by atoms with Gasteiger partial charge in [0.1, 0.15) is 12.7 Å². The van der Waals surface area contributed by atoms with E-state index < -0.39 is 0 Å². The van der Waals surface area contributed by atoms with Crippen molar-refractivity contribution in [3.63, 3.8) is 0 Å². The second-order valence-corrected chi connectivity index (χ2v) is 5.56. The minimum Gasteiger partial charge on any atom is -0.489 e. The van der Waals surface area contributed by atoms with E-state index in [1.165, 1.54) is 32.4 Å². The van der Waals surface area contributed by atoms with E-state index in [2.05, 4.69) is 16.0 Å². The number of rotatable bonds is 3. The Kier molecular flexibility index (Phi) is 3.39. The maximum absolute atomic E-state index is 9.12. The smallest absolute Gasteiger partial charge is 0.158 e. The average Bonchev–Trinajstić information content (AvgIpc) is 2.47. The monoisotopic (exact) mass is 257 g/mol. The van der Waals surface area contributed by atoms with Crippen molar-refractivity contribution in [3.8, 4) is 11.8 Å². The molecule has 100 valence electrons. The number of aromatic nitrogens is 1. The molecule has 4 heterocycles. The number of pyridine rings is 1. The van der Waals surface area contributed by atoms with Crippen LogP contribution in [0.4, 0.5) is 0 Å². The van der Waals surface area contributed by atoms with Gasteiger partial charge in [0.05, 0.1) is 11.3 Å². The van der Waals surface area contributed by atoms with Crippen LogP contribution in [0, 0.1) is 24.2 Å².